The van der Waals surface area contributed by atoms with Crippen LogP contribution >= 0.6 is 0 Å². The largest absolute Gasteiger partial charge is 0.307 e. The molecule has 0 saturated heterocycles. The van der Waals surface area contributed by atoms with Crippen LogP contribution in [0.25, 0.3) is 0 Å². The van der Waals surface area contributed by atoms with Crippen LogP contribution in [0.3, 0.4) is 0 Å². The van der Waals surface area contributed by atoms with Gasteiger partial charge in [-0.3, -0.25) is 0 Å². The molecular formula is C16H23N. The van der Waals surface area contributed by atoms with Crippen LogP contribution in [0.4, 0.5) is 0 Å². The van der Waals surface area contributed by atoms with Crippen LogP contribution in [0.15, 0.2) is 24.3 Å². The van der Waals surface area contributed by atoms with Crippen molar-refractivity contribution in [1.29, 1.82) is 0 Å². The van der Waals surface area contributed by atoms with E-state index in [2.05, 4.69) is 36.5 Å². The molecule has 0 amide bonds. The first-order valence-corrected chi connectivity index (χ1v) is 7.09. The monoisotopic (exact) mass is 229 g/mol. The minimum absolute atomic E-state index is 0.398. The molecular weight excluding hydrogens is 206 g/mol. The SMILES string of the molecule is CC1(NCc2ccc(C3CC3)cc2)CCCC1. The standard InChI is InChI=1S/C16H23N/c1-16(10-2-3-11-16)17-12-13-4-6-14(7-5-13)15-8-9-15/h4-7,15,17H,2-3,8-12H2,1H3. The molecule has 1 aromatic rings. The highest BCUT2D eigenvalue weighted by atomic mass is 15.0. The van der Waals surface area contributed by atoms with E-state index in [1.807, 2.05) is 0 Å². The normalized spacial score (nSPS) is 22.9. The highest BCUT2D eigenvalue weighted by Crippen LogP contribution is 2.39. The second kappa shape index (κ2) is 4.45. The number of hydrogen-bond donors (Lipinski definition) is 1. The summed E-state index contributed by atoms with van der Waals surface area (Å²) in [5.74, 6) is 0.879. The lowest BCUT2D eigenvalue weighted by molar-refractivity contribution is 0.363. The summed E-state index contributed by atoms with van der Waals surface area (Å²) in [6, 6.07) is 9.26. The Balaban J connectivity index is 1.57. The molecule has 3 rings (SSSR count). The average Bonchev–Trinajstić information content (AvgIpc) is 3.11. The topological polar surface area (TPSA) is 12.0 Å². The van der Waals surface area contributed by atoms with Gasteiger partial charge in [-0.25, -0.2) is 0 Å². The van der Waals surface area contributed by atoms with Crippen molar-refractivity contribution >= 4 is 0 Å². The molecule has 92 valence electrons. The van der Waals surface area contributed by atoms with Gasteiger partial charge in [-0.1, -0.05) is 37.1 Å². The van der Waals surface area contributed by atoms with Gasteiger partial charge in [0.1, 0.15) is 0 Å². The van der Waals surface area contributed by atoms with Gasteiger partial charge >= 0.3 is 0 Å². The van der Waals surface area contributed by atoms with Crippen LogP contribution in [0.1, 0.15) is 62.5 Å². The summed E-state index contributed by atoms with van der Waals surface area (Å²) >= 11 is 0. The van der Waals surface area contributed by atoms with E-state index >= 15 is 0 Å². The van der Waals surface area contributed by atoms with Crippen molar-refractivity contribution < 1.29 is 0 Å². The number of hydrogen-bond acceptors (Lipinski definition) is 1. The maximum atomic E-state index is 3.74. The second-order valence-corrected chi connectivity index (χ2v) is 6.14. The van der Waals surface area contributed by atoms with E-state index in [9.17, 15) is 0 Å². The predicted molar refractivity (Wildman–Crippen MR) is 72.1 cm³/mol. The second-order valence-electron chi connectivity index (χ2n) is 6.14. The average molecular weight is 229 g/mol. The molecule has 0 aliphatic heterocycles. The lowest BCUT2D eigenvalue weighted by Gasteiger charge is -2.25. The van der Waals surface area contributed by atoms with Crippen LogP contribution in [0.2, 0.25) is 0 Å². The number of nitrogens with one attached hydrogen (secondary N) is 1. The highest BCUT2D eigenvalue weighted by Gasteiger charge is 2.27. The summed E-state index contributed by atoms with van der Waals surface area (Å²) < 4.78 is 0. The molecule has 1 nitrogen and oxygen atoms in total. The van der Waals surface area contributed by atoms with E-state index < -0.39 is 0 Å². The predicted octanol–water partition coefficient (Wildman–Crippen LogP) is 3.99. The van der Waals surface area contributed by atoms with Gasteiger partial charge in [0, 0.05) is 12.1 Å². The van der Waals surface area contributed by atoms with E-state index in [1.54, 1.807) is 5.56 Å². The zero-order valence-corrected chi connectivity index (χ0v) is 10.8. The first-order valence-electron chi connectivity index (χ1n) is 7.09. The van der Waals surface area contributed by atoms with Gasteiger partial charge in [-0.15, -0.1) is 0 Å². The van der Waals surface area contributed by atoms with E-state index in [0.717, 1.165) is 12.5 Å². The minimum atomic E-state index is 0.398. The molecule has 0 aromatic heterocycles. The van der Waals surface area contributed by atoms with Gasteiger partial charge in [0.05, 0.1) is 0 Å². The Morgan fingerprint density at radius 3 is 2.35 bits per heavy atom. The van der Waals surface area contributed by atoms with Gasteiger partial charge < -0.3 is 5.32 Å². The van der Waals surface area contributed by atoms with Crippen molar-refractivity contribution in [2.75, 3.05) is 0 Å². The maximum absolute atomic E-state index is 3.74. The van der Waals surface area contributed by atoms with E-state index in [1.165, 1.54) is 44.1 Å². The molecule has 1 N–H and O–H groups in total. The molecule has 0 radical (unpaired) electrons. The summed E-state index contributed by atoms with van der Waals surface area (Å²) in [4.78, 5) is 0. The lowest BCUT2D eigenvalue weighted by Crippen LogP contribution is -2.38. The molecule has 2 aliphatic carbocycles. The van der Waals surface area contributed by atoms with E-state index in [4.69, 9.17) is 0 Å². The van der Waals surface area contributed by atoms with Crippen LogP contribution in [-0.2, 0) is 6.54 Å². The molecule has 2 fully saturated rings. The van der Waals surface area contributed by atoms with Gasteiger partial charge in [0.2, 0.25) is 0 Å². The van der Waals surface area contributed by atoms with Crippen molar-refractivity contribution in [2.24, 2.45) is 0 Å². The molecule has 17 heavy (non-hydrogen) atoms. The summed E-state index contributed by atoms with van der Waals surface area (Å²) in [7, 11) is 0. The smallest absolute Gasteiger partial charge is 0.0210 e. The third-order valence-electron chi connectivity index (χ3n) is 4.45. The van der Waals surface area contributed by atoms with Crippen molar-refractivity contribution in [2.45, 2.75) is 63.5 Å². The van der Waals surface area contributed by atoms with Gasteiger partial charge in [0.25, 0.3) is 0 Å². The molecule has 1 aromatic carbocycles. The maximum Gasteiger partial charge on any atom is 0.0210 e. The summed E-state index contributed by atoms with van der Waals surface area (Å²) in [6.45, 7) is 3.40. The molecule has 1 heteroatoms. The van der Waals surface area contributed by atoms with Crippen molar-refractivity contribution in [3.05, 3.63) is 35.4 Å². The number of benzene rings is 1. The molecule has 0 bridgehead atoms. The van der Waals surface area contributed by atoms with Gasteiger partial charge in [-0.2, -0.15) is 0 Å². The first-order chi connectivity index (χ1) is 8.25. The molecule has 0 heterocycles. The fourth-order valence-corrected chi connectivity index (χ4v) is 2.97. The molecule has 0 unspecified atom stereocenters. The molecule has 0 atom stereocenters. The lowest BCUT2D eigenvalue weighted by atomic mass is 10.00. The first kappa shape index (κ1) is 11.3. The van der Waals surface area contributed by atoms with Gasteiger partial charge in [-0.05, 0) is 49.7 Å². The Labute approximate surface area is 105 Å². The van der Waals surface area contributed by atoms with Crippen LogP contribution < -0.4 is 5.32 Å². The molecule has 2 saturated carbocycles. The van der Waals surface area contributed by atoms with E-state index in [-0.39, 0.29) is 0 Å². The van der Waals surface area contributed by atoms with Gasteiger partial charge in [0.15, 0.2) is 0 Å². The third kappa shape index (κ3) is 2.71. The fourth-order valence-electron chi connectivity index (χ4n) is 2.97. The van der Waals surface area contributed by atoms with Crippen molar-refractivity contribution in [3.63, 3.8) is 0 Å². The summed E-state index contributed by atoms with van der Waals surface area (Å²) in [6.07, 6.45) is 8.26. The zero-order valence-electron chi connectivity index (χ0n) is 10.8. The Kier molecular flexibility index (Phi) is 2.96. The summed E-state index contributed by atoms with van der Waals surface area (Å²) in [5.41, 5.74) is 3.37. The quantitative estimate of drug-likeness (QED) is 0.823. The fraction of sp³-hybridized carbons (Fsp3) is 0.625. The Bertz CT molecular complexity index is 369. The van der Waals surface area contributed by atoms with Crippen molar-refractivity contribution in [3.8, 4) is 0 Å². The Hall–Kier alpha value is -0.820. The van der Waals surface area contributed by atoms with E-state index in [0.29, 0.717) is 5.54 Å². The third-order valence-corrected chi connectivity index (χ3v) is 4.45. The van der Waals surface area contributed by atoms with Crippen LogP contribution in [0.5, 0.6) is 0 Å². The highest BCUT2D eigenvalue weighted by molar-refractivity contribution is 5.28. The van der Waals surface area contributed by atoms with Crippen molar-refractivity contribution in [1.82, 2.24) is 5.32 Å². The number of rotatable bonds is 4. The zero-order chi connectivity index (χ0) is 11.7. The van der Waals surface area contributed by atoms with Crippen LogP contribution in [0, 0.1) is 0 Å². The Morgan fingerprint density at radius 2 is 1.76 bits per heavy atom. The van der Waals surface area contributed by atoms with Crippen LogP contribution in [-0.4, -0.2) is 5.54 Å². The minimum Gasteiger partial charge on any atom is -0.307 e. The Morgan fingerprint density at radius 1 is 1.12 bits per heavy atom. The molecule has 0 spiro atoms. The summed E-state index contributed by atoms with van der Waals surface area (Å²) in [5, 5.41) is 3.74. The molecule has 2 aliphatic rings.